The number of azide groups is 1. The summed E-state index contributed by atoms with van der Waals surface area (Å²) < 4.78 is 24.7. The molecule has 0 atom stereocenters. The second kappa shape index (κ2) is 3.87. The number of rotatable bonds is 3. The van der Waals surface area contributed by atoms with Gasteiger partial charge in [-0.1, -0.05) is 0 Å². The predicted molar refractivity (Wildman–Crippen MR) is 37.4 cm³/mol. The Kier molecular flexibility index (Phi) is 3.43. The minimum atomic E-state index is -4.00. The van der Waals surface area contributed by atoms with E-state index < -0.39 is 18.0 Å². The lowest BCUT2D eigenvalue weighted by Gasteiger charge is -2.12. The van der Waals surface area contributed by atoms with Crippen LogP contribution in [0, 0.1) is 0 Å². The molecule has 0 fully saturated rings. The third-order valence-electron chi connectivity index (χ3n) is 0.863. The molecule has 0 aromatic rings. The molecule has 0 heterocycles. The molecule has 0 saturated carbocycles. The lowest BCUT2D eigenvalue weighted by molar-refractivity contribution is -0.145. The zero-order valence-corrected chi connectivity index (χ0v) is 6.58. The highest BCUT2D eigenvalue weighted by Crippen LogP contribution is 2.15. The first kappa shape index (κ1) is 10.6. The number of hydrogen-bond acceptors (Lipinski definition) is 2. The van der Waals surface area contributed by atoms with Crippen molar-refractivity contribution in [1.29, 1.82) is 0 Å². The fourth-order valence-electron chi connectivity index (χ4n) is 0.451. The molecule has 0 unspecified atom stereocenters. The molecule has 0 saturated heterocycles. The number of alkyl halides is 2. The van der Waals surface area contributed by atoms with Crippen LogP contribution in [0.15, 0.2) is 5.11 Å². The Morgan fingerprint density at radius 2 is 2.17 bits per heavy atom. The molecule has 0 aliphatic carbocycles. The van der Waals surface area contributed by atoms with Crippen LogP contribution < -0.4 is 5.32 Å². The highest BCUT2D eigenvalue weighted by molar-refractivity contribution is 5.83. The van der Waals surface area contributed by atoms with Crippen molar-refractivity contribution in [2.75, 3.05) is 0 Å². The minimum Gasteiger partial charge on any atom is -0.349 e. The number of amides is 1. The van der Waals surface area contributed by atoms with Gasteiger partial charge in [0.1, 0.15) is 0 Å². The number of nitrogens with one attached hydrogen (secondary N) is 1. The van der Waals surface area contributed by atoms with Gasteiger partial charge in [0.05, 0.1) is 0 Å². The standard InChI is InChI=1S/C5H8F2N4O/c1-3(2)9-4(12)5(6,7)10-11-8/h3H,1-2H3,(H,9,12). The van der Waals surface area contributed by atoms with Crippen molar-refractivity contribution in [1.82, 2.24) is 5.32 Å². The molecular formula is C5H8F2N4O. The van der Waals surface area contributed by atoms with Gasteiger partial charge in [-0.2, -0.15) is 8.78 Å². The molecule has 1 amide bonds. The van der Waals surface area contributed by atoms with Crippen LogP contribution in [0.1, 0.15) is 13.8 Å². The topological polar surface area (TPSA) is 77.9 Å². The van der Waals surface area contributed by atoms with E-state index in [4.69, 9.17) is 5.53 Å². The minimum absolute atomic E-state index is 0.419. The fourth-order valence-corrected chi connectivity index (χ4v) is 0.451. The summed E-state index contributed by atoms with van der Waals surface area (Å²) in [6.07, 6.45) is 0. The fraction of sp³-hybridized carbons (Fsp3) is 0.800. The highest BCUT2D eigenvalue weighted by atomic mass is 19.3. The molecule has 0 aliphatic heterocycles. The summed E-state index contributed by atoms with van der Waals surface area (Å²) in [5.74, 6) is -1.59. The van der Waals surface area contributed by atoms with Crippen molar-refractivity contribution >= 4 is 5.91 Å². The quantitative estimate of drug-likeness (QED) is 0.301. The number of carbonyl (C=O) groups excluding carboxylic acids is 1. The van der Waals surface area contributed by atoms with E-state index in [0.29, 0.717) is 0 Å². The summed E-state index contributed by atoms with van der Waals surface area (Å²) in [7, 11) is 0. The smallest absolute Gasteiger partial charge is 0.349 e. The number of hydrogen-bond donors (Lipinski definition) is 1. The summed E-state index contributed by atoms with van der Waals surface area (Å²) in [5, 5.41) is 3.96. The normalized spacial score (nSPS) is 10.8. The predicted octanol–water partition coefficient (Wildman–Crippen LogP) is 1.41. The zero-order valence-electron chi connectivity index (χ0n) is 6.58. The molecule has 0 rings (SSSR count). The van der Waals surface area contributed by atoms with Crippen LogP contribution in [0.3, 0.4) is 0 Å². The summed E-state index contributed by atoms with van der Waals surface area (Å²) in [6, 6.07) is -4.42. The van der Waals surface area contributed by atoms with Gasteiger partial charge in [0.25, 0.3) is 5.91 Å². The third-order valence-corrected chi connectivity index (χ3v) is 0.863. The van der Waals surface area contributed by atoms with Gasteiger partial charge in [-0.15, -0.1) is 0 Å². The van der Waals surface area contributed by atoms with Crippen molar-refractivity contribution in [3.05, 3.63) is 10.4 Å². The monoisotopic (exact) mass is 178 g/mol. The molecule has 0 spiro atoms. The largest absolute Gasteiger partial charge is 0.401 e. The number of halogens is 2. The van der Waals surface area contributed by atoms with Gasteiger partial charge in [-0.3, -0.25) is 4.79 Å². The van der Waals surface area contributed by atoms with Crippen LogP contribution in [0.5, 0.6) is 0 Å². The maximum Gasteiger partial charge on any atom is 0.401 e. The van der Waals surface area contributed by atoms with E-state index in [0.717, 1.165) is 0 Å². The molecule has 0 aromatic carbocycles. The Labute approximate surface area is 67.4 Å². The number of nitrogens with zero attached hydrogens (tertiary/aromatic N) is 3. The molecule has 0 radical (unpaired) electrons. The molecule has 0 aliphatic rings. The van der Waals surface area contributed by atoms with Crippen molar-refractivity contribution < 1.29 is 13.6 Å². The summed E-state index contributed by atoms with van der Waals surface area (Å²) >= 11 is 0. The summed E-state index contributed by atoms with van der Waals surface area (Å²) in [5.41, 5.74) is 7.68. The van der Waals surface area contributed by atoms with Crippen molar-refractivity contribution in [2.45, 2.75) is 25.9 Å². The van der Waals surface area contributed by atoms with E-state index in [-0.39, 0.29) is 0 Å². The molecule has 7 heteroatoms. The van der Waals surface area contributed by atoms with Crippen molar-refractivity contribution in [2.24, 2.45) is 5.11 Å². The molecule has 0 bridgehead atoms. The lowest BCUT2D eigenvalue weighted by Crippen LogP contribution is -2.41. The average molecular weight is 178 g/mol. The van der Waals surface area contributed by atoms with Crippen LogP contribution in [0.25, 0.3) is 10.4 Å². The SMILES string of the molecule is CC(C)NC(=O)C(F)(F)N=[N+]=[N-]. The van der Waals surface area contributed by atoms with Crippen molar-refractivity contribution in [3.8, 4) is 0 Å². The molecule has 68 valence electrons. The molecule has 1 N–H and O–H groups in total. The van der Waals surface area contributed by atoms with Crippen LogP contribution in [-0.2, 0) is 4.79 Å². The second-order valence-electron chi connectivity index (χ2n) is 2.36. The van der Waals surface area contributed by atoms with E-state index >= 15 is 0 Å². The number of carbonyl (C=O) groups is 1. The Morgan fingerprint density at radius 1 is 1.67 bits per heavy atom. The first-order valence-corrected chi connectivity index (χ1v) is 3.15. The van der Waals surface area contributed by atoms with E-state index in [1.165, 1.54) is 13.8 Å². The molecular weight excluding hydrogens is 170 g/mol. The Bertz CT molecular complexity index is 221. The lowest BCUT2D eigenvalue weighted by atomic mass is 10.4. The van der Waals surface area contributed by atoms with E-state index in [2.05, 4.69) is 0 Å². The maximum atomic E-state index is 12.3. The molecule has 5 nitrogen and oxygen atoms in total. The van der Waals surface area contributed by atoms with Crippen LogP contribution in [-0.4, -0.2) is 18.0 Å². The van der Waals surface area contributed by atoms with E-state index in [1.54, 1.807) is 0 Å². The first-order valence-electron chi connectivity index (χ1n) is 3.15. The Hall–Kier alpha value is -1.36. The van der Waals surface area contributed by atoms with Gasteiger partial charge >= 0.3 is 6.05 Å². The van der Waals surface area contributed by atoms with Gasteiger partial charge < -0.3 is 5.32 Å². The maximum absolute atomic E-state index is 12.3. The summed E-state index contributed by atoms with van der Waals surface area (Å²) in [4.78, 5) is 12.4. The van der Waals surface area contributed by atoms with Gasteiger partial charge in [-0.05, 0) is 24.5 Å². The highest BCUT2D eigenvalue weighted by Gasteiger charge is 2.37. The van der Waals surface area contributed by atoms with Gasteiger partial charge in [0.15, 0.2) is 0 Å². The van der Waals surface area contributed by atoms with Crippen LogP contribution >= 0.6 is 0 Å². The zero-order chi connectivity index (χ0) is 9.78. The van der Waals surface area contributed by atoms with Gasteiger partial charge in [0.2, 0.25) is 0 Å². The second-order valence-corrected chi connectivity index (χ2v) is 2.36. The van der Waals surface area contributed by atoms with E-state index in [9.17, 15) is 13.6 Å². The molecule has 12 heavy (non-hydrogen) atoms. The van der Waals surface area contributed by atoms with Crippen molar-refractivity contribution in [3.63, 3.8) is 0 Å². The van der Waals surface area contributed by atoms with Crippen LogP contribution in [0.2, 0.25) is 0 Å². The Morgan fingerprint density at radius 3 is 2.50 bits per heavy atom. The average Bonchev–Trinajstić information content (AvgIpc) is 1.85. The summed E-state index contributed by atoms with van der Waals surface area (Å²) in [6.45, 7) is 3.04. The first-order chi connectivity index (χ1) is 5.40. The van der Waals surface area contributed by atoms with Crippen LogP contribution in [0.4, 0.5) is 8.78 Å². The van der Waals surface area contributed by atoms with Gasteiger partial charge in [0, 0.05) is 11.0 Å². The molecule has 0 aromatic heterocycles. The third kappa shape index (κ3) is 3.16. The van der Waals surface area contributed by atoms with Gasteiger partial charge in [-0.25, -0.2) is 0 Å². The van der Waals surface area contributed by atoms with E-state index in [1.807, 2.05) is 15.3 Å². The Balaban J connectivity index is 4.35.